The summed E-state index contributed by atoms with van der Waals surface area (Å²) in [7, 11) is 0. The molecule has 31 heavy (non-hydrogen) atoms. The Bertz CT molecular complexity index is 1060. The fourth-order valence-corrected chi connectivity index (χ4v) is 3.01. The molecule has 2 heterocycles. The largest absolute Gasteiger partial charge is 0.454 e. The van der Waals surface area contributed by atoms with Gasteiger partial charge in [-0.2, -0.15) is 0 Å². The smallest absolute Gasteiger partial charge is 0.231 e. The molecule has 2 N–H and O–H groups in total. The molecule has 0 saturated heterocycles. The highest BCUT2D eigenvalue weighted by molar-refractivity contribution is 5.79. The first-order valence-corrected chi connectivity index (χ1v) is 9.98. The number of ether oxygens (including phenoxy) is 3. The zero-order chi connectivity index (χ0) is 21.5. The molecule has 7 nitrogen and oxygen atoms in total. The SMILES string of the molecule is CCNC(=NCc1ccc(Oc2cccnc2)c(F)c1)NCc1ccc2c(c1)OCO2. The number of aliphatic imine (C=N–C) groups is 1. The zero-order valence-corrected chi connectivity index (χ0v) is 17.1. The lowest BCUT2D eigenvalue weighted by atomic mass is 10.2. The summed E-state index contributed by atoms with van der Waals surface area (Å²) >= 11 is 0. The molecule has 1 aliphatic rings. The van der Waals surface area contributed by atoms with Crippen LogP contribution in [0.3, 0.4) is 0 Å². The average Bonchev–Trinajstić information content (AvgIpc) is 3.26. The number of rotatable bonds is 7. The van der Waals surface area contributed by atoms with E-state index < -0.39 is 5.82 Å². The van der Waals surface area contributed by atoms with E-state index in [1.54, 1.807) is 30.5 Å². The minimum absolute atomic E-state index is 0.147. The number of hydrogen-bond donors (Lipinski definition) is 2. The van der Waals surface area contributed by atoms with Crippen molar-refractivity contribution in [2.75, 3.05) is 13.3 Å². The van der Waals surface area contributed by atoms with Gasteiger partial charge in [-0.1, -0.05) is 12.1 Å². The molecular weight excluding hydrogens is 399 g/mol. The highest BCUT2D eigenvalue weighted by Gasteiger charge is 2.13. The second-order valence-electron chi connectivity index (χ2n) is 6.79. The van der Waals surface area contributed by atoms with E-state index >= 15 is 0 Å². The Hall–Kier alpha value is -3.81. The van der Waals surface area contributed by atoms with Gasteiger partial charge in [0.25, 0.3) is 0 Å². The average molecular weight is 422 g/mol. The van der Waals surface area contributed by atoms with Gasteiger partial charge in [-0.05, 0) is 54.4 Å². The lowest BCUT2D eigenvalue weighted by molar-refractivity contribution is 0.174. The summed E-state index contributed by atoms with van der Waals surface area (Å²) in [4.78, 5) is 8.51. The minimum atomic E-state index is -0.449. The Morgan fingerprint density at radius 3 is 2.77 bits per heavy atom. The standard InChI is InChI=1S/C23H23FN4O3/c1-2-26-23(28-13-17-6-8-21-22(11-17)30-15-29-21)27-12-16-5-7-20(19(24)10-16)31-18-4-3-9-25-14-18/h3-11,14H,2,12-13,15H2,1H3,(H2,26,27,28). The van der Waals surface area contributed by atoms with Gasteiger partial charge in [-0.25, -0.2) is 9.38 Å². The van der Waals surface area contributed by atoms with Crippen LogP contribution in [0.25, 0.3) is 0 Å². The number of benzene rings is 2. The number of hydrogen-bond acceptors (Lipinski definition) is 5. The van der Waals surface area contributed by atoms with Gasteiger partial charge in [0.15, 0.2) is 29.0 Å². The second-order valence-corrected chi connectivity index (χ2v) is 6.79. The summed E-state index contributed by atoms with van der Waals surface area (Å²) in [6.07, 6.45) is 3.17. The summed E-state index contributed by atoms with van der Waals surface area (Å²) in [5.41, 5.74) is 1.77. The molecule has 0 saturated carbocycles. The van der Waals surface area contributed by atoms with Crippen molar-refractivity contribution in [3.63, 3.8) is 0 Å². The van der Waals surface area contributed by atoms with Crippen LogP contribution in [0.2, 0.25) is 0 Å². The van der Waals surface area contributed by atoms with Crippen LogP contribution < -0.4 is 24.8 Å². The van der Waals surface area contributed by atoms with Crippen LogP contribution in [-0.2, 0) is 13.1 Å². The Labute approximate surface area is 179 Å². The van der Waals surface area contributed by atoms with Gasteiger partial charge in [0.2, 0.25) is 6.79 Å². The third-order valence-electron chi connectivity index (χ3n) is 4.52. The summed E-state index contributed by atoms with van der Waals surface area (Å²) in [5, 5.41) is 6.47. The van der Waals surface area contributed by atoms with Crippen LogP contribution in [0.1, 0.15) is 18.1 Å². The number of pyridine rings is 1. The van der Waals surface area contributed by atoms with Gasteiger partial charge in [-0.3, -0.25) is 4.98 Å². The van der Waals surface area contributed by atoms with Crippen molar-refractivity contribution in [2.24, 2.45) is 4.99 Å². The molecule has 0 spiro atoms. The van der Waals surface area contributed by atoms with E-state index in [4.69, 9.17) is 14.2 Å². The van der Waals surface area contributed by atoms with E-state index in [0.717, 1.165) is 22.6 Å². The Balaban J connectivity index is 1.38. The van der Waals surface area contributed by atoms with Gasteiger partial charge < -0.3 is 24.8 Å². The first-order valence-electron chi connectivity index (χ1n) is 9.98. The molecule has 4 rings (SSSR count). The van der Waals surface area contributed by atoms with Gasteiger partial charge in [0.1, 0.15) is 5.75 Å². The van der Waals surface area contributed by atoms with Crippen molar-refractivity contribution in [1.29, 1.82) is 0 Å². The maximum Gasteiger partial charge on any atom is 0.231 e. The van der Waals surface area contributed by atoms with Crippen molar-refractivity contribution in [2.45, 2.75) is 20.0 Å². The van der Waals surface area contributed by atoms with Crippen LogP contribution >= 0.6 is 0 Å². The van der Waals surface area contributed by atoms with Crippen molar-refractivity contribution < 1.29 is 18.6 Å². The maximum absolute atomic E-state index is 14.4. The Morgan fingerprint density at radius 1 is 1.10 bits per heavy atom. The lowest BCUT2D eigenvalue weighted by Crippen LogP contribution is -2.36. The molecule has 1 aliphatic heterocycles. The van der Waals surface area contributed by atoms with E-state index in [-0.39, 0.29) is 12.5 Å². The highest BCUT2D eigenvalue weighted by Crippen LogP contribution is 2.32. The summed E-state index contributed by atoms with van der Waals surface area (Å²) in [5.74, 6) is 2.31. The van der Waals surface area contributed by atoms with Gasteiger partial charge in [-0.15, -0.1) is 0 Å². The molecule has 8 heteroatoms. The highest BCUT2D eigenvalue weighted by atomic mass is 19.1. The van der Waals surface area contributed by atoms with E-state index in [1.807, 2.05) is 25.1 Å². The molecule has 3 aromatic rings. The number of halogens is 1. The molecule has 0 bridgehead atoms. The molecule has 1 aromatic heterocycles. The predicted octanol–water partition coefficient (Wildman–Crippen LogP) is 4.00. The van der Waals surface area contributed by atoms with Gasteiger partial charge >= 0.3 is 0 Å². The number of fused-ring (bicyclic) bond motifs is 1. The molecule has 0 amide bonds. The molecule has 2 aromatic carbocycles. The Morgan fingerprint density at radius 2 is 1.97 bits per heavy atom. The number of nitrogens with zero attached hydrogens (tertiary/aromatic N) is 2. The molecule has 0 fully saturated rings. The molecule has 160 valence electrons. The topological polar surface area (TPSA) is 77.0 Å². The monoisotopic (exact) mass is 422 g/mol. The van der Waals surface area contributed by atoms with E-state index in [2.05, 4.69) is 20.6 Å². The minimum Gasteiger partial charge on any atom is -0.454 e. The van der Waals surface area contributed by atoms with Crippen LogP contribution in [-0.4, -0.2) is 24.3 Å². The summed E-state index contributed by atoms with van der Waals surface area (Å²) in [6.45, 7) is 3.83. The van der Waals surface area contributed by atoms with Crippen LogP contribution in [0, 0.1) is 5.82 Å². The van der Waals surface area contributed by atoms with E-state index in [0.29, 0.717) is 31.3 Å². The second kappa shape index (κ2) is 9.80. The van der Waals surface area contributed by atoms with Crippen LogP contribution in [0.15, 0.2) is 65.9 Å². The molecule has 0 unspecified atom stereocenters. The molecule has 0 atom stereocenters. The van der Waals surface area contributed by atoms with E-state index in [1.165, 1.54) is 12.3 Å². The maximum atomic E-state index is 14.4. The predicted molar refractivity (Wildman–Crippen MR) is 115 cm³/mol. The van der Waals surface area contributed by atoms with Gasteiger partial charge in [0.05, 0.1) is 12.7 Å². The van der Waals surface area contributed by atoms with Crippen molar-refractivity contribution in [1.82, 2.24) is 15.6 Å². The summed E-state index contributed by atoms with van der Waals surface area (Å²) < 4.78 is 30.7. The number of guanidine groups is 1. The fourth-order valence-electron chi connectivity index (χ4n) is 3.01. The lowest BCUT2D eigenvalue weighted by Gasteiger charge is -2.12. The van der Waals surface area contributed by atoms with Crippen molar-refractivity contribution in [3.05, 3.63) is 77.9 Å². The fraction of sp³-hybridized carbons (Fsp3) is 0.217. The normalized spacial score (nSPS) is 12.5. The van der Waals surface area contributed by atoms with E-state index in [9.17, 15) is 4.39 Å². The quantitative estimate of drug-likeness (QED) is 0.443. The molecular formula is C23H23FN4O3. The van der Waals surface area contributed by atoms with Crippen LogP contribution in [0.4, 0.5) is 4.39 Å². The van der Waals surface area contributed by atoms with Crippen molar-refractivity contribution >= 4 is 5.96 Å². The molecule has 0 aliphatic carbocycles. The first-order chi connectivity index (χ1) is 15.2. The number of aromatic nitrogens is 1. The van der Waals surface area contributed by atoms with Crippen molar-refractivity contribution in [3.8, 4) is 23.0 Å². The summed E-state index contributed by atoms with van der Waals surface area (Å²) in [6, 6.07) is 14.1. The first kappa shape index (κ1) is 20.5. The van der Waals surface area contributed by atoms with Crippen LogP contribution in [0.5, 0.6) is 23.0 Å². The third kappa shape index (κ3) is 5.42. The number of nitrogens with one attached hydrogen (secondary N) is 2. The molecule has 0 radical (unpaired) electrons. The van der Waals surface area contributed by atoms with Gasteiger partial charge in [0, 0.05) is 19.3 Å². The Kier molecular flexibility index (Phi) is 6.47. The third-order valence-corrected chi connectivity index (χ3v) is 4.52. The zero-order valence-electron chi connectivity index (χ0n) is 17.1.